The third kappa shape index (κ3) is 4.49. The first-order valence-electron chi connectivity index (χ1n) is 11.1. The summed E-state index contributed by atoms with van der Waals surface area (Å²) in [7, 11) is 1.37. The number of methoxy groups -OCH3 is 2. The van der Waals surface area contributed by atoms with Crippen LogP contribution in [0.15, 0.2) is 46.3 Å². The van der Waals surface area contributed by atoms with Crippen LogP contribution in [0.25, 0.3) is 10.2 Å². The first kappa shape index (κ1) is 24.4. The molecule has 10 heteroatoms. The van der Waals surface area contributed by atoms with Crippen LogP contribution in [0.4, 0.5) is 0 Å². The largest absolute Gasteiger partial charge is 0.495 e. The molecule has 3 aromatic rings. The molecule has 0 radical (unpaired) electrons. The second-order valence-electron chi connectivity index (χ2n) is 8.80. The van der Waals surface area contributed by atoms with E-state index in [9.17, 15) is 13.2 Å². The minimum absolute atomic E-state index is 0.187. The Balaban J connectivity index is 1.65. The van der Waals surface area contributed by atoms with Crippen molar-refractivity contribution in [2.75, 3.05) is 27.3 Å². The van der Waals surface area contributed by atoms with Crippen LogP contribution in [0, 0.1) is 11.8 Å². The van der Waals surface area contributed by atoms with Gasteiger partial charge in [0.15, 0.2) is 4.80 Å². The minimum atomic E-state index is -3.61. The maximum Gasteiger partial charge on any atom is 0.279 e. The highest BCUT2D eigenvalue weighted by atomic mass is 32.2. The molecule has 1 fully saturated rings. The number of hydrogen-bond donors (Lipinski definition) is 0. The van der Waals surface area contributed by atoms with Crippen LogP contribution < -0.4 is 14.3 Å². The van der Waals surface area contributed by atoms with Crippen LogP contribution in [0.2, 0.25) is 0 Å². The highest BCUT2D eigenvalue weighted by Gasteiger charge is 2.31. The first-order chi connectivity index (χ1) is 16.1. The van der Waals surface area contributed by atoms with Gasteiger partial charge in [-0.15, -0.1) is 0 Å². The number of fused-ring (bicyclic) bond motifs is 1. The number of ether oxygens (including phenoxy) is 2. The van der Waals surface area contributed by atoms with Crippen molar-refractivity contribution in [3.05, 3.63) is 46.8 Å². The monoisotopic (exact) mass is 503 g/mol. The Kier molecular flexibility index (Phi) is 6.84. The summed E-state index contributed by atoms with van der Waals surface area (Å²) in [6, 6.07) is 9.63. The summed E-state index contributed by atoms with van der Waals surface area (Å²) in [5, 5.41) is 0. The molecule has 0 aliphatic carbocycles. The Morgan fingerprint density at radius 2 is 1.59 bits per heavy atom. The standard InChI is InChI=1S/C24H29N3O5S2/c1-15-12-16(2)14-27(13-15)34(29,30)18-8-6-17(7-9-18)23(28)25-24-26(3)21-19(31-4)10-11-20(32-5)22(21)33-24/h6-11,15-16H,12-14H2,1-5H3. The normalized spacial score (nSPS) is 20.0. The number of aryl methyl sites for hydroxylation is 1. The molecule has 34 heavy (non-hydrogen) atoms. The summed E-state index contributed by atoms with van der Waals surface area (Å²) in [5.74, 6) is 1.50. The Morgan fingerprint density at radius 3 is 2.18 bits per heavy atom. The molecular formula is C24H29N3O5S2. The van der Waals surface area contributed by atoms with Gasteiger partial charge in [0.1, 0.15) is 21.7 Å². The van der Waals surface area contributed by atoms with E-state index in [2.05, 4.69) is 18.8 Å². The van der Waals surface area contributed by atoms with E-state index in [1.807, 2.05) is 19.2 Å². The summed E-state index contributed by atoms with van der Waals surface area (Å²) in [6.45, 7) is 5.16. The summed E-state index contributed by atoms with van der Waals surface area (Å²) in [4.78, 5) is 17.9. The highest BCUT2D eigenvalue weighted by molar-refractivity contribution is 7.89. The van der Waals surface area contributed by atoms with E-state index in [0.717, 1.165) is 16.6 Å². The lowest BCUT2D eigenvalue weighted by molar-refractivity contribution is 0.0998. The molecule has 1 amide bonds. The lowest BCUT2D eigenvalue weighted by Crippen LogP contribution is -2.42. The van der Waals surface area contributed by atoms with Crippen molar-refractivity contribution in [1.29, 1.82) is 0 Å². The van der Waals surface area contributed by atoms with Crippen molar-refractivity contribution in [3.8, 4) is 11.5 Å². The number of aromatic nitrogens is 1. The third-order valence-corrected chi connectivity index (χ3v) is 9.08. The zero-order chi connectivity index (χ0) is 24.6. The molecular weight excluding hydrogens is 474 g/mol. The smallest absolute Gasteiger partial charge is 0.279 e. The Morgan fingerprint density at radius 1 is 1.00 bits per heavy atom. The molecule has 8 nitrogen and oxygen atoms in total. The molecule has 0 spiro atoms. The zero-order valence-corrected chi connectivity index (χ0v) is 21.6. The fourth-order valence-electron chi connectivity index (χ4n) is 4.50. The molecule has 182 valence electrons. The van der Waals surface area contributed by atoms with Crippen molar-refractivity contribution in [3.63, 3.8) is 0 Å². The van der Waals surface area contributed by atoms with Crippen LogP contribution in [0.1, 0.15) is 30.6 Å². The summed E-state index contributed by atoms with van der Waals surface area (Å²) < 4.78 is 41.3. The lowest BCUT2D eigenvalue weighted by atomic mass is 9.94. The van der Waals surface area contributed by atoms with E-state index in [0.29, 0.717) is 46.8 Å². The molecule has 0 N–H and O–H groups in total. The van der Waals surface area contributed by atoms with Gasteiger partial charge in [-0.3, -0.25) is 4.79 Å². The van der Waals surface area contributed by atoms with Crippen molar-refractivity contribution in [1.82, 2.24) is 8.87 Å². The van der Waals surface area contributed by atoms with E-state index in [1.54, 1.807) is 23.1 Å². The quantitative estimate of drug-likeness (QED) is 0.530. The van der Waals surface area contributed by atoms with Gasteiger partial charge < -0.3 is 14.0 Å². The molecule has 1 aliphatic rings. The summed E-state index contributed by atoms with van der Waals surface area (Å²) in [5.41, 5.74) is 1.10. The minimum Gasteiger partial charge on any atom is -0.495 e. The average Bonchev–Trinajstić information content (AvgIpc) is 3.14. The third-order valence-electron chi connectivity index (χ3n) is 6.09. The maximum absolute atomic E-state index is 13.1. The predicted molar refractivity (Wildman–Crippen MR) is 132 cm³/mol. The fourth-order valence-corrected chi connectivity index (χ4v) is 7.31. The molecule has 2 unspecified atom stereocenters. The number of thiazole rings is 1. The molecule has 1 aliphatic heterocycles. The van der Waals surface area contributed by atoms with Gasteiger partial charge in [-0.1, -0.05) is 25.2 Å². The Labute approximate surface area is 203 Å². The number of amides is 1. The molecule has 2 atom stereocenters. The van der Waals surface area contributed by atoms with Gasteiger partial charge in [-0.05, 0) is 54.7 Å². The Bertz CT molecular complexity index is 1380. The summed E-state index contributed by atoms with van der Waals surface area (Å²) >= 11 is 1.32. The maximum atomic E-state index is 13.1. The molecule has 4 rings (SSSR count). The second kappa shape index (κ2) is 9.52. The van der Waals surface area contributed by atoms with Crippen LogP contribution in [-0.4, -0.2) is 50.5 Å². The van der Waals surface area contributed by atoms with E-state index < -0.39 is 15.9 Å². The number of carbonyl (C=O) groups is 1. The number of carbonyl (C=O) groups excluding carboxylic acids is 1. The van der Waals surface area contributed by atoms with Gasteiger partial charge in [0.05, 0.1) is 19.1 Å². The average molecular weight is 504 g/mol. The van der Waals surface area contributed by atoms with E-state index in [1.165, 1.54) is 35.6 Å². The van der Waals surface area contributed by atoms with Gasteiger partial charge in [-0.25, -0.2) is 8.42 Å². The molecule has 1 aromatic heterocycles. The zero-order valence-electron chi connectivity index (χ0n) is 19.9. The van der Waals surface area contributed by atoms with Crippen molar-refractivity contribution in [2.24, 2.45) is 23.9 Å². The van der Waals surface area contributed by atoms with Gasteiger partial charge >= 0.3 is 0 Å². The number of sulfonamides is 1. The number of benzene rings is 2. The van der Waals surface area contributed by atoms with Crippen molar-refractivity contribution >= 4 is 37.5 Å². The second-order valence-corrected chi connectivity index (χ2v) is 11.7. The van der Waals surface area contributed by atoms with E-state index in [4.69, 9.17) is 9.47 Å². The van der Waals surface area contributed by atoms with Gasteiger partial charge in [0.2, 0.25) is 10.0 Å². The van der Waals surface area contributed by atoms with Crippen molar-refractivity contribution < 1.29 is 22.7 Å². The lowest BCUT2D eigenvalue weighted by Gasteiger charge is -2.34. The molecule has 2 heterocycles. The number of hydrogen-bond acceptors (Lipinski definition) is 6. The highest BCUT2D eigenvalue weighted by Crippen LogP contribution is 2.34. The SMILES string of the molecule is COc1ccc(OC)c2c1sc(=NC(=O)c1ccc(S(=O)(=O)N3CC(C)CC(C)C3)cc1)n2C. The Hall–Kier alpha value is -2.69. The van der Waals surface area contributed by atoms with Crippen molar-refractivity contribution in [2.45, 2.75) is 25.2 Å². The van der Waals surface area contributed by atoms with Crippen LogP contribution in [0.5, 0.6) is 11.5 Å². The van der Waals surface area contributed by atoms with Crippen LogP contribution in [-0.2, 0) is 17.1 Å². The molecule has 0 saturated carbocycles. The number of nitrogens with zero attached hydrogens (tertiary/aromatic N) is 3. The van der Waals surface area contributed by atoms with Gasteiger partial charge in [0, 0.05) is 25.7 Å². The molecule has 0 bridgehead atoms. The van der Waals surface area contributed by atoms with Crippen LogP contribution in [0.3, 0.4) is 0 Å². The van der Waals surface area contributed by atoms with E-state index in [-0.39, 0.29) is 4.90 Å². The van der Waals surface area contributed by atoms with Gasteiger partial charge in [0.25, 0.3) is 5.91 Å². The first-order valence-corrected chi connectivity index (χ1v) is 13.3. The summed E-state index contributed by atoms with van der Waals surface area (Å²) in [6.07, 6.45) is 1.02. The fraction of sp³-hybridized carbons (Fsp3) is 0.417. The van der Waals surface area contributed by atoms with Gasteiger partial charge in [-0.2, -0.15) is 9.30 Å². The van der Waals surface area contributed by atoms with Crippen LogP contribution >= 0.6 is 11.3 Å². The number of rotatable bonds is 5. The molecule has 1 saturated heterocycles. The predicted octanol–water partition coefficient (Wildman–Crippen LogP) is 3.66. The number of piperidine rings is 1. The topological polar surface area (TPSA) is 90.2 Å². The van der Waals surface area contributed by atoms with E-state index >= 15 is 0 Å². The molecule has 2 aromatic carbocycles.